The van der Waals surface area contributed by atoms with Crippen LogP contribution in [0.3, 0.4) is 0 Å². The zero-order valence-electron chi connectivity index (χ0n) is 14.9. The number of halogens is 1. The van der Waals surface area contributed by atoms with Crippen LogP contribution < -0.4 is 10.5 Å². The Morgan fingerprint density at radius 1 is 1.24 bits per heavy atom. The topological polar surface area (TPSA) is 64.8 Å². The minimum Gasteiger partial charge on any atom is -0.490 e. The molecule has 0 bridgehead atoms. The van der Waals surface area contributed by atoms with Gasteiger partial charge in [0.2, 0.25) is 5.91 Å². The maximum absolute atomic E-state index is 13.0. The van der Waals surface area contributed by atoms with Crippen molar-refractivity contribution in [1.29, 1.82) is 0 Å². The van der Waals surface area contributed by atoms with E-state index in [0.29, 0.717) is 19.8 Å². The molecular weight excluding hydrogens is 340 g/mol. The van der Waals surface area contributed by atoms with Gasteiger partial charge in [0.05, 0.1) is 5.41 Å². The molecule has 2 fully saturated rings. The maximum Gasteiger partial charge on any atom is 0.230 e. The van der Waals surface area contributed by atoms with E-state index in [9.17, 15) is 4.79 Å². The fraction of sp³-hybridized carbons (Fsp3) is 0.632. The Morgan fingerprint density at radius 3 is 2.40 bits per heavy atom. The molecule has 0 radical (unpaired) electrons. The average molecular weight is 369 g/mol. The summed E-state index contributed by atoms with van der Waals surface area (Å²) in [5, 5.41) is 0. The lowest BCUT2D eigenvalue weighted by Gasteiger charge is -2.41. The standard InChI is InChI=1S/C19H28N2O3.ClH/c1-15-2-4-16(5-3-15)24-17-6-10-21(11-7-17)18(22)19(14-20)8-12-23-13-9-19;/h2-5,17H,6-14,20H2,1H3;1H. The molecule has 2 heterocycles. The van der Waals surface area contributed by atoms with E-state index < -0.39 is 5.41 Å². The summed E-state index contributed by atoms with van der Waals surface area (Å²) in [5.41, 5.74) is 6.77. The molecule has 5 nitrogen and oxygen atoms in total. The first-order valence-corrected chi connectivity index (χ1v) is 8.93. The summed E-state index contributed by atoms with van der Waals surface area (Å²) in [4.78, 5) is 14.9. The van der Waals surface area contributed by atoms with Crippen molar-refractivity contribution in [2.45, 2.75) is 38.7 Å². The molecule has 3 rings (SSSR count). The second-order valence-corrected chi connectivity index (χ2v) is 7.02. The Balaban J connectivity index is 0.00000225. The zero-order chi connectivity index (χ0) is 17.0. The molecule has 0 spiro atoms. The van der Waals surface area contributed by atoms with Gasteiger partial charge in [-0.1, -0.05) is 17.7 Å². The van der Waals surface area contributed by atoms with E-state index in [-0.39, 0.29) is 24.4 Å². The number of carbonyl (C=O) groups excluding carboxylic acids is 1. The van der Waals surface area contributed by atoms with E-state index in [1.807, 2.05) is 17.0 Å². The molecule has 1 aromatic carbocycles. The third-order valence-electron chi connectivity index (χ3n) is 5.35. The molecule has 6 heteroatoms. The van der Waals surface area contributed by atoms with Crippen molar-refractivity contribution < 1.29 is 14.3 Å². The number of rotatable bonds is 4. The summed E-state index contributed by atoms with van der Waals surface area (Å²) in [6, 6.07) is 8.14. The first-order chi connectivity index (χ1) is 11.6. The average Bonchev–Trinajstić information content (AvgIpc) is 2.64. The Bertz CT molecular complexity index is 550. The molecule has 140 valence electrons. The molecule has 1 amide bonds. The number of piperidine rings is 1. The van der Waals surface area contributed by atoms with E-state index in [2.05, 4.69) is 19.1 Å². The van der Waals surface area contributed by atoms with Gasteiger partial charge >= 0.3 is 0 Å². The number of hydrogen-bond donors (Lipinski definition) is 1. The van der Waals surface area contributed by atoms with E-state index >= 15 is 0 Å². The largest absolute Gasteiger partial charge is 0.490 e. The lowest BCUT2D eigenvalue weighted by atomic mass is 9.78. The number of aryl methyl sites for hydroxylation is 1. The maximum atomic E-state index is 13.0. The van der Waals surface area contributed by atoms with Gasteiger partial charge in [-0.05, 0) is 31.9 Å². The molecule has 2 saturated heterocycles. The molecule has 2 N–H and O–H groups in total. The van der Waals surface area contributed by atoms with Gasteiger partial charge in [0.15, 0.2) is 0 Å². The molecule has 0 saturated carbocycles. The van der Waals surface area contributed by atoms with Crippen molar-refractivity contribution in [3.05, 3.63) is 29.8 Å². The number of carbonyl (C=O) groups is 1. The van der Waals surface area contributed by atoms with Crippen molar-refractivity contribution in [1.82, 2.24) is 4.90 Å². The Kier molecular flexibility index (Phi) is 7.11. The minimum atomic E-state index is -0.414. The van der Waals surface area contributed by atoms with Crippen LogP contribution in [0, 0.1) is 12.3 Å². The Hall–Kier alpha value is -1.30. The van der Waals surface area contributed by atoms with Crippen molar-refractivity contribution in [3.8, 4) is 5.75 Å². The van der Waals surface area contributed by atoms with E-state index in [0.717, 1.165) is 44.5 Å². The summed E-state index contributed by atoms with van der Waals surface area (Å²) >= 11 is 0. The third kappa shape index (κ3) is 4.66. The van der Waals surface area contributed by atoms with Gasteiger partial charge < -0.3 is 20.1 Å². The first-order valence-electron chi connectivity index (χ1n) is 8.93. The summed E-state index contributed by atoms with van der Waals surface area (Å²) in [6.07, 6.45) is 3.40. The van der Waals surface area contributed by atoms with Crippen LogP contribution in [0.2, 0.25) is 0 Å². The highest BCUT2D eigenvalue weighted by molar-refractivity contribution is 5.85. The highest BCUT2D eigenvalue weighted by Gasteiger charge is 2.42. The molecule has 0 aromatic heterocycles. The fourth-order valence-electron chi connectivity index (χ4n) is 3.59. The van der Waals surface area contributed by atoms with Crippen LogP contribution in [0.4, 0.5) is 0 Å². The Morgan fingerprint density at radius 2 is 1.84 bits per heavy atom. The fourth-order valence-corrected chi connectivity index (χ4v) is 3.59. The van der Waals surface area contributed by atoms with E-state index in [4.69, 9.17) is 15.2 Å². The van der Waals surface area contributed by atoms with E-state index in [1.54, 1.807) is 0 Å². The molecule has 0 aliphatic carbocycles. The number of nitrogens with zero attached hydrogens (tertiary/aromatic N) is 1. The van der Waals surface area contributed by atoms with Gasteiger partial charge in [0, 0.05) is 45.7 Å². The number of nitrogens with two attached hydrogens (primary N) is 1. The van der Waals surface area contributed by atoms with E-state index in [1.165, 1.54) is 5.56 Å². The molecule has 0 unspecified atom stereocenters. The SMILES string of the molecule is Cc1ccc(OC2CCN(C(=O)C3(CN)CCOCC3)CC2)cc1.Cl. The van der Waals surface area contributed by atoms with Crippen molar-refractivity contribution in [2.75, 3.05) is 32.8 Å². The Labute approximate surface area is 156 Å². The third-order valence-corrected chi connectivity index (χ3v) is 5.35. The van der Waals surface area contributed by atoms with Crippen LogP contribution in [0.1, 0.15) is 31.2 Å². The van der Waals surface area contributed by atoms with Crippen LogP contribution in [0.25, 0.3) is 0 Å². The quantitative estimate of drug-likeness (QED) is 0.887. The number of benzene rings is 1. The van der Waals surface area contributed by atoms with Crippen LogP contribution in [-0.4, -0.2) is 49.8 Å². The highest BCUT2D eigenvalue weighted by Crippen LogP contribution is 2.33. The summed E-state index contributed by atoms with van der Waals surface area (Å²) in [7, 11) is 0. The molecule has 2 aliphatic rings. The van der Waals surface area contributed by atoms with Crippen molar-refractivity contribution in [3.63, 3.8) is 0 Å². The smallest absolute Gasteiger partial charge is 0.230 e. The summed E-state index contributed by atoms with van der Waals surface area (Å²) < 4.78 is 11.5. The van der Waals surface area contributed by atoms with Crippen LogP contribution >= 0.6 is 12.4 Å². The molecular formula is C19H29ClN2O3. The predicted molar refractivity (Wildman–Crippen MR) is 100 cm³/mol. The van der Waals surface area contributed by atoms with Crippen LogP contribution in [0.15, 0.2) is 24.3 Å². The monoisotopic (exact) mass is 368 g/mol. The lowest BCUT2D eigenvalue weighted by Crippen LogP contribution is -2.53. The van der Waals surface area contributed by atoms with Gasteiger partial charge in [0.25, 0.3) is 0 Å². The van der Waals surface area contributed by atoms with Gasteiger partial charge in [-0.15, -0.1) is 12.4 Å². The van der Waals surface area contributed by atoms with Crippen LogP contribution in [-0.2, 0) is 9.53 Å². The highest BCUT2D eigenvalue weighted by atomic mass is 35.5. The van der Waals surface area contributed by atoms with Gasteiger partial charge in [-0.2, -0.15) is 0 Å². The number of hydrogen-bond acceptors (Lipinski definition) is 4. The summed E-state index contributed by atoms with van der Waals surface area (Å²) in [5.74, 6) is 1.12. The molecule has 1 aromatic rings. The van der Waals surface area contributed by atoms with Crippen LogP contribution in [0.5, 0.6) is 5.75 Å². The van der Waals surface area contributed by atoms with Crippen molar-refractivity contribution in [2.24, 2.45) is 11.1 Å². The van der Waals surface area contributed by atoms with Gasteiger partial charge in [-0.25, -0.2) is 0 Å². The normalized spacial score (nSPS) is 20.6. The van der Waals surface area contributed by atoms with Gasteiger partial charge in [-0.3, -0.25) is 4.79 Å². The van der Waals surface area contributed by atoms with Gasteiger partial charge in [0.1, 0.15) is 11.9 Å². The predicted octanol–water partition coefficient (Wildman–Crippen LogP) is 2.54. The minimum absolute atomic E-state index is 0. The zero-order valence-corrected chi connectivity index (χ0v) is 15.7. The number of ether oxygens (including phenoxy) is 2. The number of likely N-dealkylation sites (tertiary alicyclic amines) is 1. The second kappa shape index (κ2) is 8.88. The molecule has 2 aliphatic heterocycles. The summed E-state index contributed by atoms with van der Waals surface area (Å²) in [6.45, 7) is 5.24. The van der Waals surface area contributed by atoms with Crippen molar-refractivity contribution >= 4 is 18.3 Å². The first kappa shape index (κ1) is 20.0. The lowest BCUT2D eigenvalue weighted by molar-refractivity contribution is -0.149. The second-order valence-electron chi connectivity index (χ2n) is 7.02. The molecule has 0 atom stereocenters. The molecule has 25 heavy (non-hydrogen) atoms. The number of amides is 1.